The van der Waals surface area contributed by atoms with Crippen molar-refractivity contribution in [3.05, 3.63) is 24.2 Å². The van der Waals surface area contributed by atoms with E-state index in [1.165, 1.54) is 12.3 Å². The molecule has 88 valence electrons. The quantitative estimate of drug-likeness (QED) is 0.631. The normalized spacial score (nSPS) is 11.9. The first-order valence-corrected chi connectivity index (χ1v) is 4.86. The highest BCUT2D eigenvalue weighted by Crippen LogP contribution is 1.98. The highest BCUT2D eigenvalue weighted by Gasteiger charge is 2.09. The Morgan fingerprint density at radius 1 is 1.50 bits per heavy atom. The van der Waals surface area contributed by atoms with Gasteiger partial charge in [-0.25, -0.2) is 0 Å². The summed E-state index contributed by atoms with van der Waals surface area (Å²) < 4.78 is 4.84. The van der Waals surface area contributed by atoms with Gasteiger partial charge in [-0.1, -0.05) is 0 Å². The standard InChI is InChI=1S/C10H14N2O4/c1-7(13)5-11-9(14)6-12-10(15)8-3-2-4-16-8/h2-4,7,13H,5-6H2,1H3,(H,11,14)(H,12,15)/t7-/m0/s1. The number of aliphatic hydroxyl groups excluding tert-OH is 1. The Balaban J connectivity index is 2.24. The maximum absolute atomic E-state index is 11.3. The molecule has 1 aromatic rings. The van der Waals surface area contributed by atoms with Crippen molar-refractivity contribution in [2.45, 2.75) is 13.0 Å². The summed E-state index contributed by atoms with van der Waals surface area (Å²) in [5.74, 6) is -0.652. The van der Waals surface area contributed by atoms with Gasteiger partial charge in [0.25, 0.3) is 5.91 Å². The van der Waals surface area contributed by atoms with Gasteiger partial charge in [-0.15, -0.1) is 0 Å². The molecule has 1 heterocycles. The average Bonchev–Trinajstić information content (AvgIpc) is 2.76. The Labute approximate surface area is 92.6 Å². The number of nitrogens with one attached hydrogen (secondary N) is 2. The summed E-state index contributed by atoms with van der Waals surface area (Å²) in [4.78, 5) is 22.5. The Morgan fingerprint density at radius 3 is 2.81 bits per heavy atom. The number of carbonyl (C=O) groups is 2. The van der Waals surface area contributed by atoms with Gasteiger partial charge in [0, 0.05) is 6.54 Å². The molecule has 0 radical (unpaired) electrons. The smallest absolute Gasteiger partial charge is 0.287 e. The summed E-state index contributed by atoms with van der Waals surface area (Å²) in [5, 5.41) is 13.7. The van der Waals surface area contributed by atoms with Crippen LogP contribution in [-0.2, 0) is 4.79 Å². The monoisotopic (exact) mass is 226 g/mol. The van der Waals surface area contributed by atoms with Gasteiger partial charge in [0.1, 0.15) is 0 Å². The predicted octanol–water partition coefficient (Wildman–Crippen LogP) is -0.494. The SMILES string of the molecule is C[C@H](O)CNC(=O)CNC(=O)c1ccco1. The van der Waals surface area contributed by atoms with Crippen molar-refractivity contribution < 1.29 is 19.1 Å². The topological polar surface area (TPSA) is 91.6 Å². The van der Waals surface area contributed by atoms with E-state index >= 15 is 0 Å². The second kappa shape index (κ2) is 5.92. The molecule has 2 amide bonds. The first-order chi connectivity index (χ1) is 7.59. The van der Waals surface area contributed by atoms with Crippen molar-refractivity contribution in [2.24, 2.45) is 0 Å². The Kier molecular flexibility index (Phi) is 4.53. The van der Waals surface area contributed by atoms with E-state index in [4.69, 9.17) is 9.52 Å². The number of amides is 2. The maximum Gasteiger partial charge on any atom is 0.287 e. The molecule has 0 aliphatic rings. The molecule has 0 fully saturated rings. The lowest BCUT2D eigenvalue weighted by atomic mass is 10.4. The summed E-state index contributed by atoms with van der Waals surface area (Å²) in [6.45, 7) is 1.57. The largest absolute Gasteiger partial charge is 0.459 e. The van der Waals surface area contributed by atoms with Gasteiger partial charge in [0.15, 0.2) is 5.76 Å². The van der Waals surface area contributed by atoms with Crippen molar-refractivity contribution in [1.29, 1.82) is 0 Å². The Hall–Kier alpha value is -1.82. The summed E-state index contributed by atoms with van der Waals surface area (Å²) in [5.41, 5.74) is 0. The molecule has 0 spiro atoms. The van der Waals surface area contributed by atoms with Crippen LogP contribution in [0.15, 0.2) is 22.8 Å². The van der Waals surface area contributed by atoms with Crippen molar-refractivity contribution in [2.75, 3.05) is 13.1 Å². The van der Waals surface area contributed by atoms with Gasteiger partial charge in [-0.3, -0.25) is 9.59 Å². The minimum absolute atomic E-state index is 0.147. The first-order valence-electron chi connectivity index (χ1n) is 4.86. The second-order valence-electron chi connectivity index (χ2n) is 3.31. The number of hydrogen-bond donors (Lipinski definition) is 3. The van der Waals surface area contributed by atoms with E-state index in [1.54, 1.807) is 13.0 Å². The van der Waals surface area contributed by atoms with Crippen LogP contribution in [0.25, 0.3) is 0 Å². The number of aliphatic hydroxyl groups is 1. The summed E-state index contributed by atoms with van der Waals surface area (Å²) in [7, 11) is 0. The lowest BCUT2D eigenvalue weighted by Gasteiger charge is -2.07. The lowest BCUT2D eigenvalue weighted by Crippen LogP contribution is -2.39. The van der Waals surface area contributed by atoms with E-state index in [0.29, 0.717) is 0 Å². The molecule has 0 aliphatic carbocycles. The van der Waals surface area contributed by atoms with Crippen LogP contribution in [0.4, 0.5) is 0 Å². The van der Waals surface area contributed by atoms with Gasteiger partial charge in [-0.2, -0.15) is 0 Å². The molecular weight excluding hydrogens is 212 g/mol. The van der Waals surface area contributed by atoms with Crippen LogP contribution in [0.5, 0.6) is 0 Å². The van der Waals surface area contributed by atoms with E-state index in [1.807, 2.05) is 0 Å². The number of furan rings is 1. The van der Waals surface area contributed by atoms with Crippen molar-refractivity contribution >= 4 is 11.8 Å². The van der Waals surface area contributed by atoms with E-state index in [2.05, 4.69) is 10.6 Å². The fourth-order valence-corrected chi connectivity index (χ4v) is 0.979. The molecule has 1 rings (SSSR count). The maximum atomic E-state index is 11.3. The summed E-state index contributed by atoms with van der Waals surface area (Å²) in [6, 6.07) is 3.09. The van der Waals surface area contributed by atoms with Gasteiger partial charge >= 0.3 is 0 Å². The zero-order valence-electron chi connectivity index (χ0n) is 8.90. The third-order valence-corrected chi connectivity index (χ3v) is 1.75. The first kappa shape index (κ1) is 12.3. The fraction of sp³-hybridized carbons (Fsp3) is 0.400. The summed E-state index contributed by atoms with van der Waals surface area (Å²) >= 11 is 0. The molecule has 16 heavy (non-hydrogen) atoms. The zero-order chi connectivity index (χ0) is 12.0. The van der Waals surface area contributed by atoms with Gasteiger partial charge < -0.3 is 20.2 Å². The molecule has 0 unspecified atom stereocenters. The molecule has 6 nitrogen and oxygen atoms in total. The molecular formula is C10H14N2O4. The Bertz CT molecular complexity index is 346. The molecule has 3 N–H and O–H groups in total. The molecule has 6 heteroatoms. The molecule has 1 atom stereocenters. The van der Waals surface area contributed by atoms with Gasteiger partial charge in [0.2, 0.25) is 5.91 Å². The molecule has 0 bridgehead atoms. The van der Waals surface area contributed by atoms with Crippen LogP contribution in [-0.4, -0.2) is 36.1 Å². The van der Waals surface area contributed by atoms with Crippen molar-refractivity contribution in [3.8, 4) is 0 Å². The van der Waals surface area contributed by atoms with Crippen LogP contribution in [0.1, 0.15) is 17.5 Å². The van der Waals surface area contributed by atoms with Crippen LogP contribution in [0, 0.1) is 0 Å². The average molecular weight is 226 g/mol. The third kappa shape index (κ3) is 4.14. The lowest BCUT2D eigenvalue weighted by molar-refractivity contribution is -0.120. The predicted molar refractivity (Wildman–Crippen MR) is 55.7 cm³/mol. The van der Waals surface area contributed by atoms with Crippen molar-refractivity contribution in [1.82, 2.24) is 10.6 Å². The van der Waals surface area contributed by atoms with E-state index in [0.717, 1.165) is 0 Å². The van der Waals surface area contributed by atoms with E-state index < -0.39 is 12.0 Å². The van der Waals surface area contributed by atoms with Crippen LogP contribution in [0.2, 0.25) is 0 Å². The third-order valence-electron chi connectivity index (χ3n) is 1.75. The Morgan fingerprint density at radius 2 is 2.25 bits per heavy atom. The molecule has 1 aromatic heterocycles. The number of carbonyl (C=O) groups excluding carboxylic acids is 2. The highest BCUT2D eigenvalue weighted by atomic mass is 16.3. The molecule has 0 saturated heterocycles. The van der Waals surface area contributed by atoms with Crippen LogP contribution >= 0.6 is 0 Å². The van der Waals surface area contributed by atoms with Crippen molar-refractivity contribution in [3.63, 3.8) is 0 Å². The summed E-state index contributed by atoms with van der Waals surface area (Å²) in [6.07, 6.45) is 0.771. The van der Waals surface area contributed by atoms with Gasteiger partial charge in [-0.05, 0) is 19.1 Å². The van der Waals surface area contributed by atoms with E-state index in [9.17, 15) is 9.59 Å². The number of rotatable bonds is 5. The molecule has 0 saturated carbocycles. The van der Waals surface area contributed by atoms with Crippen LogP contribution in [0.3, 0.4) is 0 Å². The fourth-order valence-electron chi connectivity index (χ4n) is 0.979. The minimum Gasteiger partial charge on any atom is -0.459 e. The number of hydrogen-bond acceptors (Lipinski definition) is 4. The zero-order valence-corrected chi connectivity index (χ0v) is 8.90. The minimum atomic E-state index is -0.607. The highest BCUT2D eigenvalue weighted by molar-refractivity contribution is 5.94. The molecule has 0 aliphatic heterocycles. The van der Waals surface area contributed by atoms with Gasteiger partial charge in [0.05, 0.1) is 18.9 Å². The van der Waals surface area contributed by atoms with E-state index in [-0.39, 0.29) is 24.8 Å². The molecule has 0 aromatic carbocycles. The van der Waals surface area contributed by atoms with Crippen LogP contribution < -0.4 is 10.6 Å². The second-order valence-corrected chi connectivity index (χ2v) is 3.31.